The summed E-state index contributed by atoms with van der Waals surface area (Å²) in [5.41, 5.74) is 2.15. The minimum Gasteiger partial charge on any atom is -0.491 e. The van der Waals surface area contributed by atoms with Gasteiger partial charge >= 0.3 is 0 Å². The summed E-state index contributed by atoms with van der Waals surface area (Å²) in [5, 5.41) is 6.81. The van der Waals surface area contributed by atoms with Crippen LogP contribution in [-0.4, -0.2) is 33.8 Å². The number of nitrogens with one attached hydrogen (secondary N) is 1. The number of hydrogen-bond donors (Lipinski definition) is 1. The van der Waals surface area contributed by atoms with E-state index in [0.717, 1.165) is 16.9 Å². The minimum absolute atomic E-state index is 0.0320. The zero-order valence-electron chi connectivity index (χ0n) is 13.8. The van der Waals surface area contributed by atoms with Gasteiger partial charge in [-0.25, -0.2) is 4.98 Å². The molecule has 6 nitrogen and oxygen atoms in total. The van der Waals surface area contributed by atoms with Gasteiger partial charge in [0, 0.05) is 12.0 Å². The average Bonchev–Trinajstić information content (AvgIpc) is 3.18. The second-order valence-electron chi connectivity index (χ2n) is 5.47. The smallest absolute Gasteiger partial charge is 0.221 e. The third-order valence-electron chi connectivity index (χ3n) is 3.69. The number of carbonyl (C=O) groups is 1. The van der Waals surface area contributed by atoms with Crippen molar-refractivity contribution < 1.29 is 9.53 Å². The van der Waals surface area contributed by atoms with Crippen LogP contribution < -0.4 is 10.1 Å². The molecule has 0 bridgehead atoms. The molecule has 2 aromatic carbocycles. The van der Waals surface area contributed by atoms with Gasteiger partial charge in [0.2, 0.25) is 5.91 Å². The zero-order chi connectivity index (χ0) is 17.3. The van der Waals surface area contributed by atoms with Crippen molar-refractivity contribution in [3.63, 3.8) is 0 Å². The maximum Gasteiger partial charge on any atom is 0.221 e. The maximum atomic E-state index is 11.8. The van der Waals surface area contributed by atoms with Crippen LogP contribution in [0.5, 0.6) is 5.75 Å². The highest BCUT2D eigenvalue weighted by Gasteiger charge is 2.06. The molecule has 0 aliphatic heterocycles. The van der Waals surface area contributed by atoms with Crippen molar-refractivity contribution >= 4 is 5.91 Å². The Kier molecular flexibility index (Phi) is 5.77. The van der Waals surface area contributed by atoms with E-state index in [1.807, 2.05) is 54.6 Å². The molecule has 0 spiro atoms. The standard InChI is InChI=1S/C19H20N4O2/c24-19(10-12-23-15-20-14-22-23)21-11-13-25-18-9-5-4-8-17(18)16-6-2-1-3-7-16/h1-9,14-15H,10-13H2,(H,21,24). The van der Waals surface area contributed by atoms with E-state index in [1.54, 1.807) is 11.0 Å². The first-order valence-corrected chi connectivity index (χ1v) is 8.19. The predicted molar refractivity (Wildman–Crippen MR) is 95.0 cm³/mol. The van der Waals surface area contributed by atoms with Gasteiger partial charge in [-0.1, -0.05) is 48.5 Å². The van der Waals surface area contributed by atoms with Crippen molar-refractivity contribution in [2.75, 3.05) is 13.2 Å². The molecule has 1 N–H and O–H groups in total. The summed E-state index contributed by atoms with van der Waals surface area (Å²) >= 11 is 0. The summed E-state index contributed by atoms with van der Waals surface area (Å²) in [6.45, 7) is 1.39. The number of aromatic nitrogens is 3. The molecule has 1 heterocycles. The molecule has 0 radical (unpaired) electrons. The third-order valence-corrected chi connectivity index (χ3v) is 3.69. The fraction of sp³-hybridized carbons (Fsp3) is 0.211. The molecule has 0 unspecified atom stereocenters. The van der Waals surface area contributed by atoms with Crippen molar-refractivity contribution in [1.82, 2.24) is 20.1 Å². The van der Waals surface area contributed by atoms with Crippen molar-refractivity contribution in [2.45, 2.75) is 13.0 Å². The highest BCUT2D eigenvalue weighted by molar-refractivity contribution is 5.75. The lowest BCUT2D eigenvalue weighted by Gasteiger charge is -2.12. The number of aryl methyl sites for hydroxylation is 1. The second kappa shape index (κ2) is 8.63. The zero-order valence-corrected chi connectivity index (χ0v) is 13.8. The van der Waals surface area contributed by atoms with Gasteiger partial charge in [-0.05, 0) is 11.6 Å². The molecule has 3 rings (SSSR count). The van der Waals surface area contributed by atoms with E-state index in [-0.39, 0.29) is 5.91 Å². The Morgan fingerprint density at radius 1 is 1.08 bits per heavy atom. The quantitative estimate of drug-likeness (QED) is 0.642. The van der Waals surface area contributed by atoms with Gasteiger partial charge in [-0.3, -0.25) is 9.48 Å². The molecular formula is C19H20N4O2. The van der Waals surface area contributed by atoms with E-state index in [2.05, 4.69) is 15.4 Å². The number of nitrogens with zero attached hydrogens (tertiary/aromatic N) is 3. The minimum atomic E-state index is -0.0320. The first kappa shape index (κ1) is 16.7. The molecule has 1 aromatic heterocycles. The highest BCUT2D eigenvalue weighted by Crippen LogP contribution is 2.29. The van der Waals surface area contributed by atoms with Crippen molar-refractivity contribution in [3.8, 4) is 16.9 Å². The lowest BCUT2D eigenvalue weighted by molar-refractivity contribution is -0.121. The van der Waals surface area contributed by atoms with E-state index in [4.69, 9.17) is 4.74 Å². The van der Waals surface area contributed by atoms with Crippen molar-refractivity contribution in [1.29, 1.82) is 0 Å². The van der Waals surface area contributed by atoms with Crippen LogP contribution in [0.15, 0.2) is 67.3 Å². The lowest BCUT2D eigenvalue weighted by Crippen LogP contribution is -2.28. The fourth-order valence-corrected chi connectivity index (χ4v) is 2.45. The molecule has 25 heavy (non-hydrogen) atoms. The maximum absolute atomic E-state index is 11.8. The largest absolute Gasteiger partial charge is 0.491 e. The third kappa shape index (κ3) is 4.91. The van der Waals surface area contributed by atoms with Gasteiger partial charge in [0.05, 0.1) is 13.1 Å². The van der Waals surface area contributed by atoms with Crippen LogP contribution in [0, 0.1) is 0 Å². The number of para-hydroxylation sites is 1. The number of benzene rings is 2. The van der Waals surface area contributed by atoms with Crippen LogP contribution in [0.2, 0.25) is 0 Å². The Hall–Kier alpha value is -3.15. The molecule has 1 amide bonds. The molecule has 0 aliphatic rings. The Morgan fingerprint density at radius 3 is 2.68 bits per heavy atom. The Morgan fingerprint density at radius 2 is 1.88 bits per heavy atom. The summed E-state index contributed by atoms with van der Waals surface area (Å²) in [6.07, 6.45) is 3.41. The molecule has 0 saturated heterocycles. The normalized spacial score (nSPS) is 10.4. The van der Waals surface area contributed by atoms with Crippen LogP contribution in [0.4, 0.5) is 0 Å². The number of rotatable bonds is 8. The molecule has 6 heteroatoms. The molecular weight excluding hydrogens is 316 g/mol. The molecule has 3 aromatic rings. The Labute approximate surface area is 146 Å². The Balaban J connectivity index is 1.46. The van der Waals surface area contributed by atoms with Gasteiger partial charge in [0.25, 0.3) is 0 Å². The molecule has 0 aliphatic carbocycles. The monoisotopic (exact) mass is 336 g/mol. The van der Waals surface area contributed by atoms with E-state index >= 15 is 0 Å². The van der Waals surface area contributed by atoms with E-state index in [0.29, 0.717) is 26.1 Å². The van der Waals surface area contributed by atoms with Gasteiger partial charge in [0.1, 0.15) is 25.0 Å². The first-order valence-electron chi connectivity index (χ1n) is 8.19. The van der Waals surface area contributed by atoms with Crippen molar-refractivity contribution in [2.24, 2.45) is 0 Å². The SMILES string of the molecule is O=C(CCn1cncn1)NCCOc1ccccc1-c1ccccc1. The molecule has 0 fully saturated rings. The van der Waals surface area contributed by atoms with Gasteiger partial charge in [-0.2, -0.15) is 5.10 Å². The fourth-order valence-electron chi connectivity index (χ4n) is 2.45. The number of hydrogen-bond acceptors (Lipinski definition) is 4. The van der Waals surface area contributed by atoms with Crippen LogP contribution in [-0.2, 0) is 11.3 Å². The summed E-state index contributed by atoms with van der Waals surface area (Å²) < 4.78 is 7.48. The van der Waals surface area contributed by atoms with Gasteiger partial charge in [-0.15, -0.1) is 0 Å². The van der Waals surface area contributed by atoms with E-state index in [9.17, 15) is 4.79 Å². The topological polar surface area (TPSA) is 69.0 Å². The average molecular weight is 336 g/mol. The van der Waals surface area contributed by atoms with E-state index in [1.165, 1.54) is 6.33 Å². The second-order valence-corrected chi connectivity index (χ2v) is 5.47. The van der Waals surface area contributed by atoms with Crippen molar-refractivity contribution in [3.05, 3.63) is 67.3 Å². The Bertz CT molecular complexity index is 788. The predicted octanol–water partition coefficient (Wildman–Crippen LogP) is 2.53. The van der Waals surface area contributed by atoms with Gasteiger partial charge in [0.15, 0.2) is 0 Å². The number of ether oxygens (including phenoxy) is 1. The molecule has 0 saturated carbocycles. The number of amides is 1. The van der Waals surface area contributed by atoms with E-state index < -0.39 is 0 Å². The molecule has 0 atom stereocenters. The lowest BCUT2D eigenvalue weighted by atomic mass is 10.1. The highest BCUT2D eigenvalue weighted by atomic mass is 16.5. The summed E-state index contributed by atoms with van der Waals surface area (Å²) in [6, 6.07) is 18.0. The summed E-state index contributed by atoms with van der Waals surface area (Å²) in [4.78, 5) is 15.7. The first-order chi connectivity index (χ1) is 12.3. The number of carbonyl (C=O) groups excluding carboxylic acids is 1. The summed E-state index contributed by atoms with van der Waals surface area (Å²) in [5.74, 6) is 0.779. The van der Waals surface area contributed by atoms with Crippen LogP contribution in [0.25, 0.3) is 11.1 Å². The van der Waals surface area contributed by atoms with Gasteiger partial charge < -0.3 is 10.1 Å². The van der Waals surface area contributed by atoms with Crippen LogP contribution in [0.3, 0.4) is 0 Å². The summed E-state index contributed by atoms with van der Waals surface area (Å²) in [7, 11) is 0. The molecule has 128 valence electrons. The van der Waals surface area contributed by atoms with Crippen LogP contribution >= 0.6 is 0 Å². The van der Waals surface area contributed by atoms with Crippen LogP contribution in [0.1, 0.15) is 6.42 Å².